The number of hydrogen-bond donors (Lipinski definition) is 1. The minimum Gasteiger partial charge on any atom is -0.489 e. The number of amides is 1. The Bertz CT molecular complexity index is 753. The second-order valence-corrected chi connectivity index (χ2v) is 5.12. The molecular weight excluding hydrogens is 290 g/mol. The second kappa shape index (κ2) is 6.79. The van der Waals surface area contributed by atoms with E-state index in [0.29, 0.717) is 12.2 Å². The van der Waals surface area contributed by atoms with Crippen molar-refractivity contribution in [2.75, 3.05) is 11.9 Å². The highest BCUT2D eigenvalue weighted by Crippen LogP contribution is 2.20. The van der Waals surface area contributed by atoms with Crippen molar-refractivity contribution in [2.24, 2.45) is 0 Å². The molecule has 0 fully saturated rings. The topological polar surface area (TPSA) is 58.2 Å². The predicted molar refractivity (Wildman–Crippen MR) is 88.5 cm³/mol. The van der Waals surface area contributed by atoms with Gasteiger partial charge < -0.3 is 9.64 Å². The SMILES string of the molecule is CN(C(=O)c1cn[nH]c1)c1ccc(OCc2ccccc2)cc1. The van der Waals surface area contributed by atoms with Crippen LogP contribution in [0.4, 0.5) is 5.69 Å². The van der Waals surface area contributed by atoms with Crippen molar-refractivity contribution in [3.8, 4) is 5.75 Å². The molecule has 116 valence electrons. The van der Waals surface area contributed by atoms with Gasteiger partial charge in [-0.2, -0.15) is 5.10 Å². The summed E-state index contributed by atoms with van der Waals surface area (Å²) in [5.41, 5.74) is 2.43. The number of nitrogens with zero attached hydrogens (tertiary/aromatic N) is 2. The Labute approximate surface area is 134 Å². The van der Waals surface area contributed by atoms with E-state index in [4.69, 9.17) is 4.74 Å². The van der Waals surface area contributed by atoms with E-state index >= 15 is 0 Å². The zero-order valence-corrected chi connectivity index (χ0v) is 12.8. The Morgan fingerprint density at radius 1 is 1.13 bits per heavy atom. The summed E-state index contributed by atoms with van der Waals surface area (Å²) >= 11 is 0. The minimum absolute atomic E-state index is 0.114. The number of benzene rings is 2. The van der Waals surface area contributed by atoms with E-state index in [1.165, 1.54) is 6.20 Å². The highest BCUT2D eigenvalue weighted by molar-refractivity contribution is 6.05. The molecule has 1 heterocycles. The molecule has 23 heavy (non-hydrogen) atoms. The predicted octanol–water partition coefficient (Wildman–Crippen LogP) is 3.27. The summed E-state index contributed by atoms with van der Waals surface area (Å²) in [6.07, 6.45) is 3.09. The first-order valence-electron chi connectivity index (χ1n) is 7.27. The number of aromatic nitrogens is 2. The molecule has 2 aromatic carbocycles. The van der Waals surface area contributed by atoms with Crippen LogP contribution < -0.4 is 9.64 Å². The molecule has 0 spiro atoms. The van der Waals surface area contributed by atoms with E-state index in [0.717, 1.165) is 17.0 Å². The molecule has 0 aliphatic heterocycles. The first-order chi connectivity index (χ1) is 11.2. The van der Waals surface area contributed by atoms with Crippen molar-refractivity contribution in [3.63, 3.8) is 0 Å². The molecule has 5 heteroatoms. The standard InChI is InChI=1S/C18H17N3O2/c1-21(18(22)15-11-19-20-12-15)16-7-9-17(10-8-16)23-13-14-5-3-2-4-6-14/h2-12H,13H2,1H3,(H,19,20). The number of aromatic amines is 1. The Hall–Kier alpha value is -3.08. The summed E-state index contributed by atoms with van der Waals surface area (Å²) in [5.74, 6) is 0.651. The van der Waals surface area contributed by atoms with Gasteiger partial charge in [-0.15, -0.1) is 0 Å². The number of nitrogens with one attached hydrogen (secondary N) is 1. The monoisotopic (exact) mass is 307 g/mol. The lowest BCUT2D eigenvalue weighted by Gasteiger charge is -2.17. The molecule has 0 bridgehead atoms. The van der Waals surface area contributed by atoms with E-state index in [2.05, 4.69) is 10.2 Å². The van der Waals surface area contributed by atoms with Crippen LogP contribution in [0.3, 0.4) is 0 Å². The largest absolute Gasteiger partial charge is 0.489 e. The highest BCUT2D eigenvalue weighted by atomic mass is 16.5. The van der Waals surface area contributed by atoms with Gasteiger partial charge in [0.15, 0.2) is 0 Å². The van der Waals surface area contributed by atoms with E-state index in [1.54, 1.807) is 18.1 Å². The van der Waals surface area contributed by atoms with Crippen molar-refractivity contribution < 1.29 is 9.53 Å². The molecule has 0 aliphatic rings. The lowest BCUT2D eigenvalue weighted by atomic mass is 10.2. The summed E-state index contributed by atoms with van der Waals surface area (Å²) in [4.78, 5) is 13.8. The minimum atomic E-state index is -0.114. The van der Waals surface area contributed by atoms with Crippen LogP contribution in [0.2, 0.25) is 0 Å². The smallest absolute Gasteiger partial charge is 0.261 e. The van der Waals surface area contributed by atoms with Crippen LogP contribution in [0.5, 0.6) is 5.75 Å². The van der Waals surface area contributed by atoms with Gasteiger partial charge in [0.2, 0.25) is 0 Å². The van der Waals surface area contributed by atoms with E-state index in [1.807, 2.05) is 54.6 Å². The number of hydrogen-bond acceptors (Lipinski definition) is 3. The molecule has 0 saturated carbocycles. The van der Waals surface area contributed by atoms with Gasteiger partial charge in [0.05, 0.1) is 11.8 Å². The molecule has 1 amide bonds. The zero-order chi connectivity index (χ0) is 16.1. The molecule has 3 rings (SSSR count). The normalized spacial score (nSPS) is 10.3. The van der Waals surface area contributed by atoms with Gasteiger partial charge in [-0.1, -0.05) is 30.3 Å². The average molecular weight is 307 g/mol. The highest BCUT2D eigenvalue weighted by Gasteiger charge is 2.14. The van der Waals surface area contributed by atoms with Gasteiger partial charge in [0.1, 0.15) is 12.4 Å². The number of ether oxygens (including phenoxy) is 1. The maximum Gasteiger partial charge on any atom is 0.261 e. The van der Waals surface area contributed by atoms with Crippen molar-refractivity contribution in [1.29, 1.82) is 0 Å². The van der Waals surface area contributed by atoms with Crippen molar-refractivity contribution in [3.05, 3.63) is 78.1 Å². The fourth-order valence-electron chi connectivity index (χ4n) is 2.19. The summed E-state index contributed by atoms with van der Waals surface area (Å²) in [7, 11) is 1.73. The Balaban J connectivity index is 1.63. The van der Waals surface area contributed by atoms with Crippen LogP contribution in [-0.4, -0.2) is 23.2 Å². The molecule has 0 radical (unpaired) electrons. The number of anilines is 1. The van der Waals surface area contributed by atoms with Crippen molar-refractivity contribution >= 4 is 11.6 Å². The Morgan fingerprint density at radius 3 is 2.52 bits per heavy atom. The molecule has 3 aromatic rings. The van der Waals surface area contributed by atoms with Crippen LogP contribution in [0.1, 0.15) is 15.9 Å². The molecule has 0 aliphatic carbocycles. The van der Waals surface area contributed by atoms with Crippen LogP contribution in [0.15, 0.2) is 67.0 Å². The molecule has 0 saturated heterocycles. The van der Waals surface area contributed by atoms with Gasteiger partial charge in [-0.05, 0) is 29.8 Å². The van der Waals surface area contributed by atoms with E-state index in [9.17, 15) is 4.79 Å². The van der Waals surface area contributed by atoms with Crippen LogP contribution in [0, 0.1) is 0 Å². The van der Waals surface area contributed by atoms with Crippen LogP contribution in [-0.2, 0) is 6.61 Å². The Morgan fingerprint density at radius 2 is 1.87 bits per heavy atom. The number of carbonyl (C=O) groups is 1. The lowest BCUT2D eigenvalue weighted by molar-refractivity contribution is 0.0993. The third kappa shape index (κ3) is 3.58. The average Bonchev–Trinajstić information content (AvgIpc) is 3.15. The maximum absolute atomic E-state index is 12.2. The Kier molecular flexibility index (Phi) is 4.38. The summed E-state index contributed by atoms with van der Waals surface area (Å²) in [5, 5.41) is 6.43. The van der Waals surface area contributed by atoms with Crippen LogP contribution in [0.25, 0.3) is 0 Å². The number of H-pyrrole nitrogens is 1. The lowest BCUT2D eigenvalue weighted by Crippen LogP contribution is -2.25. The third-order valence-electron chi connectivity index (χ3n) is 3.52. The molecule has 0 atom stereocenters. The quantitative estimate of drug-likeness (QED) is 0.787. The first kappa shape index (κ1) is 14.8. The van der Waals surface area contributed by atoms with E-state index in [-0.39, 0.29) is 5.91 Å². The van der Waals surface area contributed by atoms with Gasteiger partial charge in [-0.25, -0.2) is 0 Å². The summed E-state index contributed by atoms with van der Waals surface area (Å²) in [6.45, 7) is 0.518. The van der Waals surface area contributed by atoms with Crippen molar-refractivity contribution in [1.82, 2.24) is 10.2 Å². The fraction of sp³-hybridized carbons (Fsp3) is 0.111. The number of carbonyl (C=O) groups excluding carboxylic acids is 1. The van der Waals surface area contributed by atoms with E-state index < -0.39 is 0 Å². The van der Waals surface area contributed by atoms with Gasteiger partial charge in [0.25, 0.3) is 5.91 Å². The maximum atomic E-state index is 12.2. The molecule has 5 nitrogen and oxygen atoms in total. The summed E-state index contributed by atoms with van der Waals surface area (Å²) < 4.78 is 5.74. The number of rotatable bonds is 5. The third-order valence-corrected chi connectivity index (χ3v) is 3.52. The van der Waals surface area contributed by atoms with Crippen LogP contribution >= 0.6 is 0 Å². The first-order valence-corrected chi connectivity index (χ1v) is 7.27. The second-order valence-electron chi connectivity index (χ2n) is 5.12. The molecule has 0 unspecified atom stereocenters. The van der Waals surface area contributed by atoms with Gasteiger partial charge in [0, 0.05) is 18.9 Å². The zero-order valence-electron chi connectivity index (χ0n) is 12.8. The van der Waals surface area contributed by atoms with Gasteiger partial charge >= 0.3 is 0 Å². The fourth-order valence-corrected chi connectivity index (χ4v) is 2.19. The summed E-state index contributed by atoms with van der Waals surface area (Å²) in [6, 6.07) is 17.4. The molecule has 1 N–H and O–H groups in total. The van der Waals surface area contributed by atoms with Gasteiger partial charge in [-0.3, -0.25) is 9.89 Å². The molecular formula is C18H17N3O2. The molecule has 1 aromatic heterocycles. The van der Waals surface area contributed by atoms with Crippen molar-refractivity contribution in [2.45, 2.75) is 6.61 Å².